The van der Waals surface area contributed by atoms with Gasteiger partial charge in [-0.25, -0.2) is 9.78 Å². The molecule has 0 bridgehead atoms. The van der Waals surface area contributed by atoms with Gasteiger partial charge in [0.1, 0.15) is 5.69 Å². The molecule has 1 saturated carbocycles. The fourth-order valence-electron chi connectivity index (χ4n) is 2.72. The molecule has 0 saturated heterocycles. The van der Waals surface area contributed by atoms with Crippen molar-refractivity contribution in [2.75, 3.05) is 0 Å². The SMILES string of the molecule is CCC1CCCC(NC(=O)c2ccc(C(=O)O)nc2)C1. The van der Waals surface area contributed by atoms with Gasteiger partial charge in [0.25, 0.3) is 5.91 Å². The van der Waals surface area contributed by atoms with Gasteiger partial charge >= 0.3 is 5.97 Å². The summed E-state index contributed by atoms with van der Waals surface area (Å²) in [7, 11) is 0. The molecule has 1 aliphatic rings. The van der Waals surface area contributed by atoms with E-state index in [9.17, 15) is 9.59 Å². The fourth-order valence-corrected chi connectivity index (χ4v) is 2.72. The first-order valence-electron chi connectivity index (χ1n) is 7.10. The number of hydrogen-bond donors (Lipinski definition) is 2. The van der Waals surface area contributed by atoms with E-state index >= 15 is 0 Å². The topological polar surface area (TPSA) is 79.3 Å². The summed E-state index contributed by atoms with van der Waals surface area (Å²) in [5.74, 6) is -0.562. The van der Waals surface area contributed by atoms with Crippen molar-refractivity contribution in [2.24, 2.45) is 5.92 Å². The maximum absolute atomic E-state index is 12.1. The Kier molecular flexibility index (Phi) is 4.71. The molecule has 1 aromatic heterocycles. The molecular weight excluding hydrogens is 256 g/mol. The van der Waals surface area contributed by atoms with Gasteiger partial charge in [-0.1, -0.05) is 26.2 Å². The van der Waals surface area contributed by atoms with Crippen LogP contribution >= 0.6 is 0 Å². The van der Waals surface area contributed by atoms with Crippen LogP contribution in [0, 0.1) is 5.92 Å². The summed E-state index contributed by atoms with van der Waals surface area (Å²) in [6.07, 6.45) is 6.92. The van der Waals surface area contributed by atoms with Gasteiger partial charge in [0.15, 0.2) is 0 Å². The average molecular weight is 276 g/mol. The molecule has 2 atom stereocenters. The van der Waals surface area contributed by atoms with Crippen molar-refractivity contribution in [3.05, 3.63) is 29.6 Å². The monoisotopic (exact) mass is 276 g/mol. The molecule has 1 aromatic rings. The first-order chi connectivity index (χ1) is 9.60. The number of carboxylic acid groups (broad SMARTS) is 1. The summed E-state index contributed by atoms with van der Waals surface area (Å²) in [6, 6.07) is 3.08. The van der Waals surface area contributed by atoms with Crippen molar-refractivity contribution in [1.29, 1.82) is 0 Å². The average Bonchev–Trinajstić information content (AvgIpc) is 2.47. The molecule has 1 amide bonds. The van der Waals surface area contributed by atoms with Gasteiger partial charge in [-0.2, -0.15) is 0 Å². The minimum Gasteiger partial charge on any atom is -0.477 e. The van der Waals surface area contributed by atoms with E-state index in [2.05, 4.69) is 17.2 Å². The number of aromatic nitrogens is 1. The van der Waals surface area contributed by atoms with Gasteiger partial charge in [-0.3, -0.25) is 4.79 Å². The highest BCUT2D eigenvalue weighted by molar-refractivity contribution is 5.95. The van der Waals surface area contributed by atoms with Gasteiger partial charge in [0, 0.05) is 12.2 Å². The van der Waals surface area contributed by atoms with Crippen LogP contribution < -0.4 is 5.32 Å². The smallest absolute Gasteiger partial charge is 0.354 e. The lowest BCUT2D eigenvalue weighted by molar-refractivity contribution is 0.0689. The summed E-state index contributed by atoms with van der Waals surface area (Å²) in [4.78, 5) is 26.6. The largest absolute Gasteiger partial charge is 0.477 e. The molecule has 1 heterocycles. The number of carbonyl (C=O) groups is 2. The Bertz CT molecular complexity index is 484. The highest BCUT2D eigenvalue weighted by atomic mass is 16.4. The Hall–Kier alpha value is -1.91. The lowest BCUT2D eigenvalue weighted by Gasteiger charge is -2.29. The predicted octanol–water partition coefficient (Wildman–Crippen LogP) is 2.48. The Morgan fingerprint density at radius 3 is 2.80 bits per heavy atom. The second-order valence-electron chi connectivity index (χ2n) is 5.35. The van der Waals surface area contributed by atoms with Gasteiger partial charge in [0.05, 0.1) is 5.56 Å². The summed E-state index contributed by atoms with van der Waals surface area (Å²) < 4.78 is 0. The number of carbonyl (C=O) groups excluding carboxylic acids is 1. The van der Waals surface area contributed by atoms with Crippen LogP contribution in [0.25, 0.3) is 0 Å². The lowest BCUT2D eigenvalue weighted by atomic mass is 9.84. The maximum Gasteiger partial charge on any atom is 0.354 e. The van der Waals surface area contributed by atoms with Crippen molar-refractivity contribution < 1.29 is 14.7 Å². The van der Waals surface area contributed by atoms with Gasteiger partial charge in [0.2, 0.25) is 0 Å². The van der Waals surface area contributed by atoms with Gasteiger partial charge in [-0.05, 0) is 30.9 Å². The molecule has 2 N–H and O–H groups in total. The van der Waals surface area contributed by atoms with Crippen molar-refractivity contribution >= 4 is 11.9 Å². The van der Waals surface area contributed by atoms with E-state index in [1.165, 1.54) is 24.8 Å². The molecule has 108 valence electrons. The zero-order valence-electron chi connectivity index (χ0n) is 11.6. The van der Waals surface area contributed by atoms with E-state index in [1.54, 1.807) is 0 Å². The maximum atomic E-state index is 12.1. The van der Waals surface area contributed by atoms with Crippen LogP contribution in [0.4, 0.5) is 0 Å². The van der Waals surface area contributed by atoms with Crippen LogP contribution in [0.15, 0.2) is 18.3 Å². The number of aromatic carboxylic acids is 1. The van der Waals surface area contributed by atoms with Crippen LogP contribution in [-0.4, -0.2) is 28.0 Å². The standard InChI is InChI=1S/C15H20N2O3/c1-2-10-4-3-5-12(8-10)17-14(18)11-6-7-13(15(19)20)16-9-11/h6-7,9-10,12H,2-5,8H2,1H3,(H,17,18)(H,19,20). The van der Waals surface area contributed by atoms with Gasteiger partial charge in [-0.15, -0.1) is 0 Å². The summed E-state index contributed by atoms with van der Waals surface area (Å²) in [5.41, 5.74) is 0.360. The van der Waals surface area contributed by atoms with Gasteiger partial charge < -0.3 is 10.4 Å². The predicted molar refractivity (Wildman–Crippen MR) is 74.7 cm³/mol. The molecule has 0 spiro atoms. The van der Waals surface area contributed by atoms with E-state index in [1.807, 2.05) is 0 Å². The lowest BCUT2D eigenvalue weighted by Crippen LogP contribution is -2.38. The molecule has 0 radical (unpaired) electrons. The number of amides is 1. The third-order valence-corrected chi connectivity index (χ3v) is 3.94. The molecule has 2 unspecified atom stereocenters. The number of carboxylic acids is 1. The van der Waals surface area contributed by atoms with Crippen LogP contribution in [0.3, 0.4) is 0 Å². The number of pyridine rings is 1. The Morgan fingerprint density at radius 1 is 1.40 bits per heavy atom. The van der Waals surface area contributed by atoms with Crippen molar-refractivity contribution in [2.45, 2.75) is 45.1 Å². The van der Waals surface area contributed by atoms with Crippen molar-refractivity contribution in [3.8, 4) is 0 Å². The van der Waals surface area contributed by atoms with Crippen LogP contribution in [0.2, 0.25) is 0 Å². The van der Waals surface area contributed by atoms with Crippen molar-refractivity contribution in [3.63, 3.8) is 0 Å². The van der Waals surface area contributed by atoms with Crippen molar-refractivity contribution in [1.82, 2.24) is 10.3 Å². The first kappa shape index (κ1) is 14.5. The first-order valence-corrected chi connectivity index (χ1v) is 7.10. The minimum absolute atomic E-state index is 0.0507. The second kappa shape index (κ2) is 6.50. The summed E-state index contributed by atoms with van der Waals surface area (Å²) in [5, 5.41) is 11.8. The van der Waals surface area contributed by atoms with E-state index in [0.717, 1.165) is 25.7 Å². The van der Waals surface area contributed by atoms with E-state index < -0.39 is 5.97 Å². The third-order valence-electron chi connectivity index (χ3n) is 3.94. The molecular formula is C15H20N2O3. The fraction of sp³-hybridized carbons (Fsp3) is 0.533. The number of rotatable bonds is 4. The summed E-state index contributed by atoms with van der Waals surface area (Å²) >= 11 is 0. The van der Waals surface area contributed by atoms with Crippen LogP contribution in [0.1, 0.15) is 59.9 Å². The normalized spacial score (nSPS) is 22.2. The number of nitrogens with zero attached hydrogens (tertiary/aromatic N) is 1. The Labute approximate surface area is 118 Å². The zero-order chi connectivity index (χ0) is 14.5. The van der Waals surface area contributed by atoms with Crippen LogP contribution in [-0.2, 0) is 0 Å². The molecule has 5 heteroatoms. The molecule has 2 rings (SSSR count). The van der Waals surface area contributed by atoms with E-state index in [0.29, 0.717) is 11.5 Å². The second-order valence-corrected chi connectivity index (χ2v) is 5.35. The minimum atomic E-state index is -1.09. The zero-order valence-corrected chi connectivity index (χ0v) is 11.6. The third kappa shape index (κ3) is 3.56. The highest BCUT2D eigenvalue weighted by Gasteiger charge is 2.22. The molecule has 20 heavy (non-hydrogen) atoms. The molecule has 5 nitrogen and oxygen atoms in total. The Morgan fingerprint density at radius 2 is 2.20 bits per heavy atom. The van der Waals surface area contributed by atoms with E-state index in [-0.39, 0.29) is 17.6 Å². The summed E-state index contributed by atoms with van der Waals surface area (Å²) in [6.45, 7) is 2.18. The highest BCUT2D eigenvalue weighted by Crippen LogP contribution is 2.26. The van der Waals surface area contributed by atoms with Crippen LogP contribution in [0.5, 0.6) is 0 Å². The molecule has 0 aromatic carbocycles. The number of hydrogen-bond acceptors (Lipinski definition) is 3. The quantitative estimate of drug-likeness (QED) is 0.885. The molecule has 1 aliphatic carbocycles. The van der Waals surface area contributed by atoms with E-state index in [4.69, 9.17) is 5.11 Å². The molecule has 1 fully saturated rings. The number of nitrogens with one attached hydrogen (secondary N) is 1. The Balaban J connectivity index is 1.95. The molecule has 0 aliphatic heterocycles.